The average Bonchev–Trinajstić information content (AvgIpc) is 2.39. The van der Waals surface area contributed by atoms with Gasteiger partial charge in [0.25, 0.3) is 0 Å². The predicted molar refractivity (Wildman–Crippen MR) is 61.9 cm³/mol. The van der Waals surface area contributed by atoms with E-state index in [1.807, 2.05) is 6.07 Å². The van der Waals surface area contributed by atoms with Crippen LogP contribution in [-0.2, 0) is 0 Å². The summed E-state index contributed by atoms with van der Waals surface area (Å²) in [7, 11) is 0. The van der Waals surface area contributed by atoms with Crippen LogP contribution in [0.5, 0.6) is 0 Å². The topological polar surface area (TPSA) is 56.0 Å². The molecule has 17 heavy (non-hydrogen) atoms. The van der Waals surface area contributed by atoms with Gasteiger partial charge in [0.15, 0.2) is 11.6 Å². The Bertz CT molecular complexity index is 528. The fourth-order valence-corrected chi connectivity index (χ4v) is 1.55. The highest BCUT2D eigenvalue weighted by Crippen LogP contribution is 2.17. The predicted octanol–water partition coefficient (Wildman–Crippen LogP) is 2.10. The molecule has 3 nitrogen and oxygen atoms in total. The van der Waals surface area contributed by atoms with E-state index < -0.39 is 17.6 Å². The summed E-state index contributed by atoms with van der Waals surface area (Å²) in [6.45, 7) is 0. The summed E-state index contributed by atoms with van der Waals surface area (Å²) in [5.74, 6) is -1.10. The lowest BCUT2D eigenvalue weighted by molar-refractivity contribution is 0.0957. The zero-order valence-corrected chi connectivity index (χ0v) is 9.01. The van der Waals surface area contributed by atoms with E-state index in [1.54, 1.807) is 24.3 Å². The summed E-state index contributed by atoms with van der Waals surface area (Å²) in [5.41, 5.74) is 6.43. The van der Waals surface area contributed by atoms with Crippen molar-refractivity contribution in [2.24, 2.45) is 5.73 Å². The number of rotatable bonds is 3. The number of nitrogens with two attached hydrogens (primary N) is 1. The molecule has 0 fully saturated rings. The molecule has 2 aromatic rings. The van der Waals surface area contributed by atoms with E-state index in [9.17, 15) is 9.18 Å². The van der Waals surface area contributed by atoms with Crippen molar-refractivity contribution >= 4 is 5.78 Å². The van der Waals surface area contributed by atoms with Gasteiger partial charge < -0.3 is 5.73 Å². The summed E-state index contributed by atoms with van der Waals surface area (Å²) in [6, 6.07) is 9.35. The second kappa shape index (κ2) is 4.84. The number of carbonyl (C=O) groups is 1. The van der Waals surface area contributed by atoms with Crippen LogP contribution in [0.2, 0.25) is 0 Å². The van der Waals surface area contributed by atoms with Crippen molar-refractivity contribution in [1.29, 1.82) is 0 Å². The molecule has 0 aliphatic carbocycles. The maximum Gasteiger partial charge on any atom is 0.187 e. The lowest BCUT2D eigenvalue weighted by atomic mass is 9.99. The third-order valence-electron chi connectivity index (χ3n) is 2.48. The van der Waals surface area contributed by atoms with Gasteiger partial charge in [0.05, 0.1) is 17.8 Å². The standard InChI is InChI=1S/C13H11FN2O/c14-11-8-16-7-6-10(11)13(17)12(15)9-4-2-1-3-5-9/h1-8,12H,15H2/t12-/m1/s1. The molecule has 1 aromatic heterocycles. The lowest BCUT2D eigenvalue weighted by Crippen LogP contribution is -2.22. The minimum absolute atomic E-state index is 0.0312. The van der Waals surface area contributed by atoms with Crippen molar-refractivity contribution in [2.45, 2.75) is 6.04 Å². The molecule has 0 aliphatic rings. The Morgan fingerprint density at radius 3 is 2.59 bits per heavy atom. The van der Waals surface area contributed by atoms with Gasteiger partial charge in [-0.2, -0.15) is 0 Å². The average molecular weight is 230 g/mol. The van der Waals surface area contributed by atoms with Crippen LogP contribution in [0, 0.1) is 5.82 Å². The zero-order chi connectivity index (χ0) is 12.3. The van der Waals surface area contributed by atoms with Crippen molar-refractivity contribution < 1.29 is 9.18 Å². The smallest absolute Gasteiger partial charge is 0.187 e. The Balaban J connectivity index is 2.30. The number of Topliss-reactive ketones (excluding diaryl/α,β-unsaturated/α-hetero) is 1. The highest BCUT2D eigenvalue weighted by Gasteiger charge is 2.20. The highest BCUT2D eigenvalue weighted by molar-refractivity contribution is 6.00. The maximum atomic E-state index is 13.4. The number of ketones is 1. The van der Waals surface area contributed by atoms with Crippen molar-refractivity contribution in [3.8, 4) is 0 Å². The van der Waals surface area contributed by atoms with Crippen LogP contribution < -0.4 is 5.73 Å². The molecule has 0 saturated carbocycles. The van der Waals surface area contributed by atoms with Gasteiger partial charge in [0.2, 0.25) is 0 Å². The van der Waals surface area contributed by atoms with Gasteiger partial charge >= 0.3 is 0 Å². The number of hydrogen-bond acceptors (Lipinski definition) is 3. The van der Waals surface area contributed by atoms with Crippen LogP contribution in [0.3, 0.4) is 0 Å². The van der Waals surface area contributed by atoms with Crippen LogP contribution in [0.15, 0.2) is 48.8 Å². The first kappa shape index (κ1) is 11.4. The molecule has 0 bridgehead atoms. The molecule has 0 aliphatic heterocycles. The molecule has 2 N–H and O–H groups in total. The third kappa shape index (κ3) is 2.37. The largest absolute Gasteiger partial charge is 0.318 e. The normalized spacial score (nSPS) is 12.1. The number of benzene rings is 1. The fraction of sp³-hybridized carbons (Fsp3) is 0.0769. The first-order valence-electron chi connectivity index (χ1n) is 5.14. The Kier molecular flexibility index (Phi) is 3.25. The molecule has 0 spiro atoms. The SMILES string of the molecule is N[C@@H](C(=O)c1ccncc1F)c1ccccc1. The van der Waals surface area contributed by atoms with E-state index in [4.69, 9.17) is 5.73 Å². The first-order chi connectivity index (χ1) is 8.20. The van der Waals surface area contributed by atoms with Crippen LogP contribution in [0.4, 0.5) is 4.39 Å². The van der Waals surface area contributed by atoms with Gasteiger partial charge in [-0.1, -0.05) is 30.3 Å². The molecule has 1 aromatic carbocycles. The molecular weight excluding hydrogens is 219 g/mol. The first-order valence-corrected chi connectivity index (χ1v) is 5.14. The third-order valence-corrected chi connectivity index (χ3v) is 2.48. The fourth-order valence-electron chi connectivity index (χ4n) is 1.55. The molecular formula is C13H11FN2O. The van der Waals surface area contributed by atoms with Crippen molar-refractivity contribution in [2.75, 3.05) is 0 Å². The van der Waals surface area contributed by atoms with Crippen LogP contribution in [0.25, 0.3) is 0 Å². The molecule has 4 heteroatoms. The van der Waals surface area contributed by atoms with Crippen LogP contribution in [0.1, 0.15) is 22.0 Å². The minimum atomic E-state index is -0.854. The Morgan fingerprint density at radius 1 is 1.24 bits per heavy atom. The van der Waals surface area contributed by atoms with Gasteiger partial charge in [-0.25, -0.2) is 4.39 Å². The summed E-state index contributed by atoms with van der Waals surface area (Å²) >= 11 is 0. The number of pyridine rings is 1. The van der Waals surface area contributed by atoms with E-state index in [0.717, 1.165) is 6.20 Å². The highest BCUT2D eigenvalue weighted by atomic mass is 19.1. The van der Waals surface area contributed by atoms with Gasteiger partial charge in [0.1, 0.15) is 0 Å². The maximum absolute atomic E-state index is 13.4. The summed E-state index contributed by atoms with van der Waals surface area (Å²) in [4.78, 5) is 15.6. The van der Waals surface area contributed by atoms with Gasteiger partial charge in [-0.05, 0) is 11.6 Å². The Hall–Kier alpha value is -2.07. The minimum Gasteiger partial charge on any atom is -0.318 e. The summed E-state index contributed by atoms with van der Waals surface area (Å²) < 4.78 is 13.4. The molecule has 0 radical (unpaired) electrons. The van der Waals surface area contributed by atoms with E-state index in [-0.39, 0.29) is 5.56 Å². The summed E-state index contributed by atoms with van der Waals surface area (Å²) in [5, 5.41) is 0. The quantitative estimate of drug-likeness (QED) is 0.821. The number of nitrogens with zero attached hydrogens (tertiary/aromatic N) is 1. The van der Waals surface area contributed by atoms with E-state index in [1.165, 1.54) is 12.3 Å². The van der Waals surface area contributed by atoms with Gasteiger partial charge in [-0.3, -0.25) is 9.78 Å². The van der Waals surface area contributed by atoms with E-state index in [2.05, 4.69) is 4.98 Å². The Labute approximate surface area is 98.1 Å². The molecule has 2 rings (SSSR count). The Morgan fingerprint density at radius 2 is 1.94 bits per heavy atom. The van der Waals surface area contributed by atoms with Crippen molar-refractivity contribution in [1.82, 2.24) is 4.98 Å². The monoisotopic (exact) mass is 230 g/mol. The molecule has 0 amide bonds. The summed E-state index contributed by atoms with van der Waals surface area (Å²) in [6.07, 6.45) is 2.37. The second-order valence-electron chi connectivity index (χ2n) is 3.61. The van der Waals surface area contributed by atoms with Crippen molar-refractivity contribution in [3.05, 3.63) is 65.7 Å². The molecule has 0 saturated heterocycles. The molecule has 0 unspecified atom stereocenters. The molecule has 86 valence electrons. The van der Waals surface area contributed by atoms with E-state index in [0.29, 0.717) is 5.56 Å². The second-order valence-corrected chi connectivity index (χ2v) is 3.61. The lowest BCUT2D eigenvalue weighted by Gasteiger charge is -2.11. The van der Waals surface area contributed by atoms with E-state index >= 15 is 0 Å². The zero-order valence-electron chi connectivity index (χ0n) is 9.01. The van der Waals surface area contributed by atoms with Crippen LogP contribution >= 0.6 is 0 Å². The molecule has 1 heterocycles. The number of halogens is 1. The number of hydrogen-bond donors (Lipinski definition) is 1. The van der Waals surface area contributed by atoms with Crippen LogP contribution in [-0.4, -0.2) is 10.8 Å². The molecule has 1 atom stereocenters. The van der Waals surface area contributed by atoms with Crippen molar-refractivity contribution in [3.63, 3.8) is 0 Å². The number of aromatic nitrogens is 1. The van der Waals surface area contributed by atoms with Gasteiger partial charge in [0, 0.05) is 6.20 Å². The number of carbonyl (C=O) groups excluding carboxylic acids is 1. The van der Waals surface area contributed by atoms with Gasteiger partial charge in [-0.15, -0.1) is 0 Å².